The van der Waals surface area contributed by atoms with Gasteiger partial charge in [0, 0.05) is 13.1 Å². The van der Waals surface area contributed by atoms with Crippen molar-refractivity contribution in [2.75, 3.05) is 6.54 Å². The normalized spacial score (nSPS) is 8.92. The summed E-state index contributed by atoms with van der Waals surface area (Å²) in [6, 6.07) is 9.61. The quantitative estimate of drug-likeness (QED) is 0.628. The number of benzene rings is 1. The molecule has 1 rings (SSSR count). The van der Waals surface area contributed by atoms with E-state index in [1.165, 1.54) is 0 Å². The Balaban J connectivity index is 0.00000144. The Bertz CT molecular complexity index is 251. The fourth-order valence-electron chi connectivity index (χ4n) is 0.905. The summed E-state index contributed by atoms with van der Waals surface area (Å²) in [5, 5.41) is 12.8. The van der Waals surface area contributed by atoms with Crippen LogP contribution in [0, 0.1) is 0 Å². The fraction of sp³-hybridized carbons (Fsp3) is 0.222. The third kappa shape index (κ3) is 6.73. The molecule has 1 aromatic rings. The summed E-state index contributed by atoms with van der Waals surface area (Å²) < 4.78 is 0. The van der Waals surface area contributed by atoms with E-state index in [2.05, 4.69) is 5.32 Å². The molecule has 0 aromatic heterocycles. The molecule has 0 unspecified atom stereocenters. The van der Waals surface area contributed by atoms with Crippen molar-refractivity contribution in [3.05, 3.63) is 35.9 Å². The third-order valence-corrected chi connectivity index (χ3v) is 1.44. The summed E-state index contributed by atoms with van der Waals surface area (Å²) in [5.74, 6) is -1.08. The molecule has 64 valence electrons. The van der Waals surface area contributed by atoms with Crippen LogP contribution in [0.2, 0.25) is 0 Å². The minimum absolute atomic E-state index is 0. The first-order valence-corrected chi connectivity index (χ1v) is 3.73. The number of hydrogen-bond acceptors (Lipinski definition) is 3. The number of carbonyl (C=O) groups is 1. The number of hydrogen-bond donors (Lipinski definition) is 1. The van der Waals surface area contributed by atoms with Crippen molar-refractivity contribution >= 4 is 5.97 Å². The zero-order valence-corrected chi connectivity index (χ0v) is 13.9. The van der Waals surface area contributed by atoms with Gasteiger partial charge in [-0.3, -0.25) is 0 Å². The molecule has 0 spiro atoms. The molecule has 1 aromatic carbocycles. The molecule has 4 heteroatoms. The van der Waals surface area contributed by atoms with Crippen LogP contribution in [-0.4, -0.2) is 12.5 Å². The summed E-state index contributed by atoms with van der Waals surface area (Å²) in [6.45, 7) is 0.462. The van der Waals surface area contributed by atoms with Gasteiger partial charge in [-0.2, -0.15) is 0 Å². The summed E-state index contributed by atoms with van der Waals surface area (Å²) in [4.78, 5) is 10.0. The van der Waals surface area contributed by atoms with Crippen LogP contribution in [0.3, 0.4) is 0 Å². The minimum Gasteiger partial charge on any atom is -0.549 e. The van der Waals surface area contributed by atoms with Crippen molar-refractivity contribution in [1.29, 1.82) is 0 Å². The van der Waals surface area contributed by atoms with E-state index in [0.29, 0.717) is 6.54 Å². The van der Waals surface area contributed by atoms with Crippen LogP contribution in [0.15, 0.2) is 30.3 Å². The van der Waals surface area contributed by atoms with Crippen LogP contribution >= 0.6 is 0 Å². The van der Waals surface area contributed by atoms with Gasteiger partial charge in [0.05, 0.1) is 5.97 Å². The van der Waals surface area contributed by atoms with Crippen molar-refractivity contribution in [3.63, 3.8) is 0 Å². The van der Waals surface area contributed by atoms with Crippen molar-refractivity contribution in [3.8, 4) is 0 Å². The Hall–Kier alpha value is 0.702. The largest absolute Gasteiger partial charge is 1.00 e. The van der Waals surface area contributed by atoms with Gasteiger partial charge in [-0.25, -0.2) is 0 Å². The first-order chi connectivity index (χ1) is 5.79. The summed E-state index contributed by atoms with van der Waals surface area (Å²) in [7, 11) is 0. The Morgan fingerprint density at radius 1 is 1.31 bits per heavy atom. The van der Waals surface area contributed by atoms with Crippen LogP contribution in [0.1, 0.15) is 5.56 Å². The van der Waals surface area contributed by atoms with Gasteiger partial charge in [0.25, 0.3) is 0 Å². The summed E-state index contributed by atoms with van der Waals surface area (Å²) in [5.41, 5.74) is 1.07. The van der Waals surface area contributed by atoms with Crippen molar-refractivity contribution in [2.45, 2.75) is 6.54 Å². The van der Waals surface area contributed by atoms with E-state index in [-0.39, 0.29) is 75.4 Å². The zero-order chi connectivity index (χ0) is 8.81. The van der Waals surface area contributed by atoms with Crippen molar-refractivity contribution < 1.29 is 78.8 Å². The smallest absolute Gasteiger partial charge is 0.549 e. The van der Waals surface area contributed by atoms with Crippen LogP contribution < -0.4 is 79.3 Å². The maximum atomic E-state index is 10.0. The molecule has 0 fully saturated rings. The van der Waals surface area contributed by atoms with E-state index >= 15 is 0 Å². The number of rotatable bonds is 4. The number of carboxylic acids is 1. The van der Waals surface area contributed by atoms with E-state index in [1.54, 1.807) is 0 Å². The molecule has 0 heterocycles. The van der Waals surface area contributed by atoms with Crippen LogP contribution in [0.5, 0.6) is 0 Å². The van der Waals surface area contributed by atoms with Crippen LogP contribution in [0.25, 0.3) is 0 Å². The monoisotopic (exact) mass is 297 g/mol. The Kier molecular flexibility index (Phi) is 8.48. The second-order valence-corrected chi connectivity index (χ2v) is 2.46. The van der Waals surface area contributed by atoms with Gasteiger partial charge >= 0.3 is 68.9 Å². The molecule has 3 nitrogen and oxygen atoms in total. The van der Waals surface area contributed by atoms with Gasteiger partial charge in [-0.1, -0.05) is 30.3 Å². The molecule has 0 radical (unpaired) electrons. The molecule has 1 N–H and O–H groups in total. The van der Waals surface area contributed by atoms with Crippen molar-refractivity contribution in [2.24, 2.45) is 0 Å². The molecule has 0 saturated carbocycles. The standard InChI is InChI=1S/C9H11NO2.Cs/c11-9(12)7-10-6-8-4-2-1-3-5-8;/h1-5,10H,6-7H2,(H,11,12);/q;+1/p-1. The van der Waals surface area contributed by atoms with E-state index < -0.39 is 5.97 Å². The second-order valence-electron chi connectivity index (χ2n) is 2.46. The van der Waals surface area contributed by atoms with E-state index in [0.717, 1.165) is 5.56 Å². The fourth-order valence-corrected chi connectivity index (χ4v) is 0.905. The Labute approximate surface area is 136 Å². The molecule has 13 heavy (non-hydrogen) atoms. The Morgan fingerprint density at radius 3 is 2.46 bits per heavy atom. The van der Waals surface area contributed by atoms with Gasteiger partial charge in [0.1, 0.15) is 0 Å². The maximum Gasteiger partial charge on any atom is 1.00 e. The van der Waals surface area contributed by atoms with Crippen molar-refractivity contribution in [1.82, 2.24) is 5.32 Å². The van der Waals surface area contributed by atoms with Gasteiger partial charge in [0.2, 0.25) is 0 Å². The minimum atomic E-state index is -1.08. The zero-order valence-electron chi connectivity index (χ0n) is 7.62. The molecule has 0 aliphatic heterocycles. The van der Waals surface area contributed by atoms with Gasteiger partial charge in [-0.15, -0.1) is 0 Å². The molecule has 0 aliphatic carbocycles. The van der Waals surface area contributed by atoms with E-state index in [1.807, 2.05) is 30.3 Å². The van der Waals surface area contributed by atoms with Gasteiger partial charge < -0.3 is 15.2 Å². The predicted molar refractivity (Wildman–Crippen MR) is 43.2 cm³/mol. The average Bonchev–Trinajstić information content (AvgIpc) is 2.05. The number of carboxylic acid groups (broad SMARTS) is 1. The SMILES string of the molecule is O=C([O-])CNCc1ccccc1.[Cs+]. The molecule has 0 amide bonds. The van der Waals surface area contributed by atoms with Crippen LogP contribution in [-0.2, 0) is 11.3 Å². The number of carbonyl (C=O) groups excluding carboxylic acids is 1. The first kappa shape index (κ1) is 13.7. The van der Waals surface area contributed by atoms with E-state index in [9.17, 15) is 9.90 Å². The average molecular weight is 297 g/mol. The molecular weight excluding hydrogens is 287 g/mol. The summed E-state index contributed by atoms with van der Waals surface area (Å²) >= 11 is 0. The number of aliphatic carboxylic acids is 1. The third-order valence-electron chi connectivity index (χ3n) is 1.44. The van der Waals surface area contributed by atoms with Gasteiger partial charge in [-0.05, 0) is 5.56 Å². The summed E-state index contributed by atoms with van der Waals surface area (Å²) in [6.07, 6.45) is 0. The van der Waals surface area contributed by atoms with E-state index in [4.69, 9.17) is 0 Å². The molecule has 0 bridgehead atoms. The van der Waals surface area contributed by atoms with Gasteiger partial charge in [0.15, 0.2) is 0 Å². The second kappa shape index (κ2) is 8.05. The molecule has 0 saturated heterocycles. The molecular formula is C9H10CsNO2. The van der Waals surface area contributed by atoms with Crippen LogP contribution in [0.4, 0.5) is 0 Å². The topological polar surface area (TPSA) is 52.2 Å². The predicted octanol–water partition coefficient (Wildman–Crippen LogP) is -3.47. The first-order valence-electron chi connectivity index (χ1n) is 3.73. The maximum absolute atomic E-state index is 10.0. The Morgan fingerprint density at radius 2 is 1.92 bits per heavy atom. The number of nitrogens with one attached hydrogen (secondary N) is 1. The molecule has 0 aliphatic rings. The molecule has 0 atom stereocenters.